The van der Waals surface area contributed by atoms with Crippen molar-refractivity contribution in [3.05, 3.63) is 29.6 Å². The monoisotopic (exact) mass is 432 g/mol. The minimum Gasteiger partial charge on any atom is -0.490 e. The van der Waals surface area contributed by atoms with Gasteiger partial charge in [-0.1, -0.05) is 64.1 Å². The second-order valence-corrected chi connectivity index (χ2v) is 7.90. The Labute approximate surface area is 185 Å². The van der Waals surface area contributed by atoms with Gasteiger partial charge in [-0.3, -0.25) is 0 Å². The first-order chi connectivity index (χ1) is 14.7. The molecule has 0 fully saturated rings. The molecule has 2 aromatic rings. The fourth-order valence-electron chi connectivity index (χ4n) is 3.12. The fraction of sp³-hybridized carbons (Fsp3) is 0.609. The highest BCUT2D eigenvalue weighted by Crippen LogP contribution is 2.28. The summed E-state index contributed by atoms with van der Waals surface area (Å²) in [6, 6.07) is 5.94. The lowest BCUT2D eigenvalue weighted by Gasteiger charge is -2.12. The van der Waals surface area contributed by atoms with Gasteiger partial charge >= 0.3 is 0 Å². The molecule has 0 atom stereocenters. The van der Waals surface area contributed by atoms with E-state index in [4.69, 9.17) is 9.47 Å². The van der Waals surface area contributed by atoms with E-state index in [0.717, 1.165) is 47.5 Å². The van der Waals surface area contributed by atoms with E-state index >= 15 is 0 Å². The summed E-state index contributed by atoms with van der Waals surface area (Å²) in [5.41, 5.74) is 0.949. The van der Waals surface area contributed by atoms with Crippen molar-refractivity contribution in [2.75, 3.05) is 19.5 Å². The van der Waals surface area contributed by atoms with Crippen LogP contribution in [0.1, 0.15) is 77.1 Å². The third kappa shape index (κ3) is 7.67. The zero-order valence-electron chi connectivity index (χ0n) is 18.9. The lowest BCUT2D eigenvalue weighted by molar-refractivity contribution is 0.270. The van der Waals surface area contributed by atoms with Gasteiger partial charge in [0.1, 0.15) is 0 Å². The summed E-state index contributed by atoms with van der Waals surface area (Å²) < 4.78 is 13.6. The topological polar surface area (TPSA) is 61.5 Å². The molecular weight excluding hydrogens is 396 g/mol. The maximum atomic E-state index is 6.00. The van der Waals surface area contributed by atoms with Gasteiger partial charge in [-0.15, -0.1) is 10.2 Å². The van der Waals surface area contributed by atoms with Crippen LogP contribution in [-0.2, 0) is 6.42 Å². The Bertz CT molecular complexity index is 755. The molecule has 0 unspecified atom stereocenters. The smallest absolute Gasteiger partial charge is 0.211 e. The molecule has 0 aliphatic heterocycles. The molecule has 0 N–H and O–H groups in total. The number of aromatic nitrogens is 3. The number of rotatable bonds is 15. The zero-order chi connectivity index (χ0) is 21.6. The summed E-state index contributed by atoms with van der Waals surface area (Å²) in [5.74, 6) is 2.40. The Hall–Kier alpha value is -2.02. The average molecular weight is 433 g/mol. The van der Waals surface area contributed by atoms with Crippen LogP contribution < -0.4 is 9.47 Å². The van der Waals surface area contributed by atoms with Gasteiger partial charge in [0.05, 0.1) is 19.4 Å². The maximum Gasteiger partial charge on any atom is 0.211 e. The Morgan fingerprint density at radius 1 is 0.967 bits per heavy atom. The van der Waals surface area contributed by atoms with Crippen molar-refractivity contribution in [2.24, 2.45) is 5.10 Å². The van der Waals surface area contributed by atoms with Gasteiger partial charge in [-0.05, 0) is 43.4 Å². The SMILES string of the molecule is CCCCCCCCCOc1ccc(/C=N\n2c(CC)nnc2SC)cc1OCC. The second-order valence-electron chi connectivity index (χ2n) is 7.12. The highest BCUT2D eigenvalue weighted by atomic mass is 32.2. The molecule has 0 bridgehead atoms. The summed E-state index contributed by atoms with van der Waals surface area (Å²) in [6.07, 6.45) is 13.5. The average Bonchev–Trinajstić information content (AvgIpc) is 3.17. The van der Waals surface area contributed by atoms with Crippen molar-refractivity contribution < 1.29 is 9.47 Å². The molecule has 0 aliphatic carbocycles. The molecule has 1 aromatic carbocycles. The van der Waals surface area contributed by atoms with Crippen LogP contribution in [0.25, 0.3) is 0 Å². The maximum absolute atomic E-state index is 6.00. The van der Waals surface area contributed by atoms with Crippen LogP contribution in [0.5, 0.6) is 11.5 Å². The van der Waals surface area contributed by atoms with Crippen LogP contribution in [0.15, 0.2) is 28.5 Å². The number of hydrogen-bond acceptors (Lipinski definition) is 6. The predicted octanol–water partition coefficient (Wildman–Crippen LogP) is 5.97. The molecule has 0 spiro atoms. The first-order valence-corrected chi connectivity index (χ1v) is 12.4. The molecular formula is C23H36N4O2S. The van der Waals surface area contributed by atoms with E-state index in [1.807, 2.05) is 44.5 Å². The van der Waals surface area contributed by atoms with Crippen LogP contribution in [0.2, 0.25) is 0 Å². The molecule has 0 saturated carbocycles. The van der Waals surface area contributed by atoms with Gasteiger partial charge in [0.25, 0.3) is 0 Å². The number of ether oxygens (including phenoxy) is 2. The normalized spacial score (nSPS) is 11.3. The number of hydrogen-bond donors (Lipinski definition) is 0. The quantitative estimate of drug-likeness (QED) is 0.197. The summed E-state index contributed by atoms with van der Waals surface area (Å²) >= 11 is 1.53. The number of nitrogens with zero attached hydrogens (tertiary/aromatic N) is 4. The van der Waals surface area contributed by atoms with Crippen LogP contribution >= 0.6 is 11.8 Å². The highest BCUT2D eigenvalue weighted by Gasteiger charge is 2.09. The molecule has 1 aromatic heterocycles. The van der Waals surface area contributed by atoms with Crippen molar-refractivity contribution in [3.63, 3.8) is 0 Å². The van der Waals surface area contributed by atoms with Crippen LogP contribution in [0, 0.1) is 0 Å². The van der Waals surface area contributed by atoms with Crippen molar-refractivity contribution in [2.45, 2.75) is 77.3 Å². The molecule has 0 radical (unpaired) electrons. The van der Waals surface area contributed by atoms with Gasteiger partial charge in [0, 0.05) is 6.42 Å². The molecule has 7 heteroatoms. The second kappa shape index (κ2) is 14.1. The van der Waals surface area contributed by atoms with Crippen LogP contribution in [-0.4, -0.2) is 40.6 Å². The molecule has 0 saturated heterocycles. The van der Waals surface area contributed by atoms with Crippen molar-refractivity contribution in [3.8, 4) is 11.5 Å². The van der Waals surface area contributed by atoms with E-state index in [-0.39, 0.29) is 0 Å². The largest absolute Gasteiger partial charge is 0.490 e. The van der Waals surface area contributed by atoms with E-state index in [1.54, 1.807) is 4.68 Å². The highest BCUT2D eigenvalue weighted by molar-refractivity contribution is 7.98. The minimum atomic E-state index is 0.594. The van der Waals surface area contributed by atoms with E-state index in [9.17, 15) is 0 Å². The van der Waals surface area contributed by atoms with Gasteiger partial charge in [0.2, 0.25) is 5.16 Å². The van der Waals surface area contributed by atoms with E-state index in [1.165, 1.54) is 50.3 Å². The summed E-state index contributed by atoms with van der Waals surface area (Å²) in [6.45, 7) is 7.59. The summed E-state index contributed by atoms with van der Waals surface area (Å²) in [5, 5.41) is 13.7. The van der Waals surface area contributed by atoms with Gasteiger partial charge in [0.15, 0.2) is 17.3 Å². The van der Waals surface area contributed by atoms with Gasteiger partial charge in [-0.25, -0.2) is 0 Å². The number of benzene rings is 1. The first kappa shape index (κ1) is 24.3. The summed E-state index contributed by atoms with van der Waals surface area (Å²) in [4.78, 5) is 0. The number of aryl methyl sites for hydroxylation is 1. The van der Waals surface area contributed by atoms with E-state index in [0.29, 0.717) is 6.61 Å². The summed E-state index contributed by atoms with van der Waals surface area (Å²) in [7, 11) is 0. The third-order valence-electron chi connectivity index (χ3n) is 4.77. The van der Waals surface area contributed by atoms with E-state index < -0.39 is 0 Å². The zero-order valence-corrected chi connectivity index (χ0v) is 19.7. The predicted molar refractivity (Wildman–Crippen MR) is 125 cm³/mol. The van der Waals surface area contributed by atoms with Crippen molar-refractivity contribution in [1.82, 2.24) is 14.9 Å². The van der Waals surface area contributed by atoms with Gasteiger partial charge < -0.3 is 9.47 Å². The van der Waals surface area contributed by atoms with Gasteiger partial charge in [-0.2, -0.15) is 9.78 Å². The molecule has 0 aliphatic rings. The van der Waals surface area contributed by atoms with Crippen LogP contribution in [0.4, 0.5) is 0 Å². The van der Waals surface area contributed by atoms with Crippen molar-refractivity contribution in [1.29, 1.82) is 0 Å². The molecule has 2 rings (SSSR count). The minimum absolute atomic E-state index is 0.594. The standard InChI is InChI=1S/C23H36N4O2S/c1-5-8-9-10-11-12-13-16-29-20-15-14-19(17-21(20)28-7-3)18-24-27-22(6-2)25-26-23(27)30-4/h14-15,17-18H,5-13,16H2,1-4H3/b24-18-. The fourth-order valence-corrected chi connectivity index (χ4v) is 3.57. The van der Waals surface area contributed by atoms with Crippen LogP contribution in [0.3, 0.4) is 0 Å². The Balaban J connectivity index is 1.95. The first-order valence-electron chi connectivity index (χ1n) is 11.2. The molecule has 1 heterocycles. The third-order valence-corrected chi connectivity index (χ3v) is 5.39. The number of thioether (sulfide) groups is 1. The Morgan fingerprint density at radius 3 is 2.43 bits per heavy atom. The Kier molecular flexibility index (Phi) is 11.4. The number of unbranched alkanes of at least 4 members (excludes halogenated alkanes) is 6. The molecule has 0 amide bonds. The van der Waals surface area contributed by atoms with E-state index in [2.05, 4.69) is 22.2 Å². The molecule has 6 nitrogen and oxygen atoms in total. The Morgan fingerprint density at radius 2 is 1.73 bits per heavy atom. The van der Waals surface area contributed by atoms with Crippen molar-refractivity contribution >= 4 is 18.0 Å². The molecule has 30 heavy (non-hydrogen) atoms. The lowest BCUT2D eigenvalue weighted by atomic mass is 10.1. The molecule has 166 valence electrons. The lowest BCUT2D eigenvalue weighted by Crippen LogP contribution is -2.02.